The molecule has 1 fully saturated rings. The van der Waals surface area contributed by atoms with E-state index in [0.717, 1.165) is 65.7 Å². The third kappa shape index (κ3) is 4.56. The lowest BCUT2D eigenvalue weighted by Gasteiger charge is -2.31. The number of fused-ring (bicyclic) bond motifs is 1. The molecule has 0 bridgehead atoms. The normalized spacial score (nSPS) is 15.5. The van der Waals surface area contributed by atoms with Gasteiger partial charge in [0.2, 0.25) is 0 Å². The summed E-state index contributed by atoms with van der Waals surface area (Å²) in [4.78, 5) is 13.0. The molecule has 0 spiro atoms. The van der Waals surface area contributed by atoms with Gasteiger partial charge in [0.25, 0.3) is 0 Å². The maximum atomic E-state index is 12.5. The number of nitrogens with zero attached hydrogens (tertiary/aromatic N) is 6. The van der Waals surface area contributed by atoms with E-state index in [1.54, 1.807) is 23.0 Å². The number of piperidine rings is 1. The predicted octanol–water partition coefficient (Wildman–Crippen LogP) is 5.22. The van der Waals surface area contributed by atoms with Crippen molar-refractivity contribution < 1.29 is 9.13 Å². The van der Waals surface area contributed by atoms with Crippen molar-refractivity contribution in [3.63, 3.8) is 0 Å². The Kier molecular flexibility index (Phi) is 6.84. The van der Waals surface area contributed by atoms with Crippen molar-refractivity contribution in [2.75, 3.05) is 33.4 Å². The van der Waals surface area contributed by atoms with Crippen molar-refractivity contribution in [2.24, 2.45) is 0 Å². The smallest absolute Gasteiger partial charge is 0.197 e. The Bertz CT molecular complexity index is 1300. The van der Waals surface area contributed by atoms with Crippen LogP contribution in [0.3, 0.4) is 0 Å². The number of aromatic nitrogens is 6. The summed E-state index contributed by atoms with van der Waals surface area (Å²) in [5.41, 5.74) is 5.68. The third-order valence-corrected chi connectivity index (χ3v) is 8.17. The number of rotatable bonds is 8. The number of ether oxygens (including phenoxy) is 1. The molecule has 10 heteroatoms. The highest BCUT2D eigenvalue weighted by atomic mass is 32.1. The molecule has 4 aromatic rings. The molecule has 0 amide bonds. The van der Waals surface area contributed by atoms with E-state index in [1.807, 2.05) is 12.3 Å². The zero-order valence-corrected chi connectivity index (χ0v) is 21.5. The van der Waals surface area contributed by atoms with Crippen LogP contribution in [0.4, 0.5) is 4.39 Å². The second-order valence-corrected chi connectivity index (χ2v) is 10.5. The van der Waals surface area contributed by atoms with Crippen molar-refractivity contribution >= 4 is 17.0 Å². The molecule has 35 heavy (non-hydrogen) atoms. The zero-order valence-electron chi connectivity index (χ0n) is 20.7. The van der Waals surface area contributed by atoms with Gasteiger partial charge in [-0.25, -0.2) is 14.5 Å². The van der Waals surface area contributed by atoms with E-state index in [1.165, 1.54) is 11.2 Å². The fraction of sp³-hybridized carbons (Fsp3) is 0.520. The van der Waals surface area contributed by atoms with Gasteiger partial charge in [-0.05, 0) is 57.2 Å². The molecule has 1 aliphatic rings. The van der Waals surface area contributed by atoms with Gasteiger partial charge in [0.1, 0.15) is 11.3 Å². The van der Waals surface area contributed by atoms with Gasteiger partial charge in [-0.3, -0.25) is 9.49 Å². The van der Waals surface area contributed by atoms with Crippen LogP contribution in [-0.4, -0.2) is 68.1 Å². The van der Waals surface area contributed by atoms with Gasteiger partial charge >= 0.3 is 0 Å². The minimum atomic E-state index is -0.235. The maximum absolute atomic E-state index is 12.5. The van der Waals surface area contributed by atoms with E-state index in [0.29, 0.717) is 23.7 Å². The molecule has 1 aliphatic heterocycles. The third-order valence-electron chi connectivity index (χ3n) is 6.83. The summed E-state index contributed by atoms with van der Waals surface area (Å²) >= 11 is 1.78. The van der Waals surface area contributed by atoms with Crippen LogP contribution in [0.2, 0.25) is 0 Å². The largest absolute Gasteiger partial charge is 0.493 e. The first-order chi connectivity index (χ1) is 17.0. The van der Waals surface area contributed by atoms with E-state index in [2.05, 4.69) is 40.9 Å². The Morgan fingerprint density at radius 3 is 2.80 bits per heavy atom. The second kappa shape index (κ2) is 10.0. The summed E-state index contributed by atoms with van der Waals surface area (Å²) in [6.45, 7) is 9.14. The molecule has 4 aromatic heterocycles. The quantitative estimate of drug-likeness (QED) is 0.359. The summed E-state index contributed by atoms with van der Waals surface area (Å²) in [6.07, 6.45) is 6.28. The van der Waals surface area contributed by atoms with Crippen molar-refractivity contribution in [3.8, 4) is 27.7 Å². The lowest BCUT2D eigenvalue weighted by molar-refractivity contribution is 0.205. The molecular formula is C25H32FN7OS. The van der Waals surface area contributed by atoms with Crippen LogP contribution in [0.1, 0.15) is 61.1 Å². The Morgan fingerprint density at radius 1 is 1.29 bits per heavy atom. The zero-order chi connectivity index (χ0) is 24.5. The number of likely N-dealkylation sites (tertiary alicyclic amines) is 1. The minimum Gasteiger partial charge on any atom is -0.493 e. The second-order valence-electron chi connectivity index (χ2n) is 9.47. The van der Waals surface area contributed by atoms with E-state index < -0.39 is 0 Å². The Balaban J connectivity index is 1.46. The van der Waals surface area contributed by atoms with Crippen LogP contribution in [0.15, 0.2) is 18.6 Å². The van der Waals surface area contributed by atoms with Gasteiger partial charge in [0.05, 0.1) is 30.9 Å². The maximum Gasteiger partial charge on any atom is 0.197 e. The van der Waals surface area contributed by atoms with Gasteiger partial charge in [-0.15, -0.1) is 11.3 Å². The monoisotopic (exact) mass is 497 g/mol. The first kappa shape index (κ1) is 23.9. The van der Waals surface area contributed by atoms with Crippen LogP contribution in [-0.2, 0) is 0 Å². The van der Waals surface area contributed by atoms with Crippen LogP contribution in [0.25, 0.3) is 27.6 Å². The molecule has 0 aliphatic carbocycles. The first-order valence-corrected chi connectivity index (χ1v) is 13.0. The highest BCUT2D eigenvalue weighted by Crippen LogP contribution is 2.42. The molecule has 1 saturated heterocycles. The number of halogens is 1. The molecule has 5 heterocycles. The minimum absolute atomic E-state index is 0.235. The standard InChI is InChI=1S/C25H32FN7OS/c1-15(2)20-21(18-12-19(34-4)24-27-14-28-33(24)13-18)30-31-22(20)25-29-16(3)23(35-25)17-6-10-32(11-7-17)9-5-8-26/h12-15,17H,5-11H2,1-4H3,(H,30,31). The highest BCUT2D eigenvalue weighted by molar-refractivity contribution is 7.15. The summed E-state index contributed by atoms with van der Waals surface area (Å²) in [6, 6.07) is 1.96. The first-order valence-electron chi connectivity index (χ1n) is 12.2. The highest BCUT2D eigenvalue weighted by Gasteiger charge is 2.27. The number of alkyl halides is 1. The van der Waals surface area contributed by atoms with Gasteiger partial charge in [0.15, 0.2) is 11.4 Å². The number of H-pyrrole nitrogens is 1. The Labute approximate surface area is 208 Å². The summed E-state index contributed by atoms with van der Waals surface area (Å²) in [5.74, 6) is 1.40. The SMILES string of the molecule is COc1cc(-c2n[nH]c(-c3nc(C)c(C4CCN(CCCF)CC4)s3)c2C(C)C)cn2ncnc12. The topological polar surface area (TPSA) is 84.2 Å². The van der Waals surface area contributed by atoms with Gasteiger partial charge < -0.3 is 9.64 Å². The Hall–Kier alpha value is -2.85. The number of nitrogens with one attached hydrogen (secondary N) is 1. The molecule has 0 aromatic carbocycles. The average Bonchev–Trinajstić information content (AvgIpc) is 3.60. The summed E-state index contributed by atoms with van der Waals surface area (Å²) in [7, 11) is 1.64. The van der Waals surface area contributed by atoms with Gasteiger partial charge in [-0.1, -0.05) is 13.8 Å². The fourth-order valence-electron chi connectivity index (χ4n) is 5.07. The summed E-state index contributed by atoms with van der Waals surface area (Å²) < 4.78 is 19.8. The number of aryl methyl sites for hydroxylation is 1. The van der Waals surface area contributed by atoms with Crippen molar-refractivity contribution in [1.29, 1.82) is 0 Å². The molecule has 0 radical (unpaired) electrons. The lowest BCUT2D eigenvalue weighted by atomic mass is 9.94. The molecule has 0 unspecified atom stereocenters. The summed E-state index contributed by atoms with van der Waals surface area (Å²) in [5, 5.41) is 13.3. The van der Waals surface area contributed by atoms with Gasteiger partial charge in [0, 0.05) is 28.7 Å². The van der Waals surface area contributed by atoms with Gasteiger partial charge in [-0.2, -0.15) is 10.2 Å². The number of pyridine rings is 1. The number of hydrogen-bond donors (Lipinski definition) is 1. The van der Waals surface area contributed by atoms with Crippen molar-refractivity contribution in [2.45, 2.75) is 51.9 Å². The average molecular weight is 498 g/mol. The van der Waals surface area contributed by atoms with Crippen LogP contribution < -0.4 is 4.74 Å². The number of thiazole rings is 1. The van der Waals surface area contributed by atoms with Crippen molar-refractivity contribution in [3.05, 3.63) is 34.7 Å². The molecule has 1 N–H and O–H groups in total. The fourth-order valence-corrected chi connectivity index (χ4v) is 6.31. The van der Waals surface area contributed by atoms with E-state index in [4.69, 9.17) is 14.8 Å². The Morgan fingerprint density at radius 2 is 2.09 bits per heavy atom. The van der Waals surface area contributed by atoms with Crippen LogP contribution in [0, 0.1) is 6.92 Å². The molecule has 0 saturated carbocycles. The van der Waals surface area contributed by atoms with Crippen molar-refractivity contribution in [1.82, 2.24) is 34.7 Å². The predicted molar refractivity (Wildman–Crippen MR) is 136 cm³/mol. The van der Waals surface area contributed by atoms with E-state index >= 15 is 0 Å². The number of aromatic amines is 1. The lowest BCUT2D eigenvalue weighted by Crippen LogP contribution is -2.33. The molecule has 186 valence electrons. The number of methoxy groups -OCH3 is 1. The van der Waals surface area contributed by atoms with E-state index in [-0.39, 0.29) is 12.6 Å². The van der Waals surface area contributed by atoms with E-state index in [9.17, 15) is 4.39 Å². The van der Waals surface area contributed by atoms with Crippen LogP contribution >= 0.6 is 11.3 Å². The molecule has 5 rings (SSSR count). The number of hydrogen-bond acceptors (Lipinski definition) is 7. The molecule has 8 nitrogen and oxygen atoms in total. The molecule has 0 atom stereocenters. The van der Waals surface area contributed by atoms with Crippen LogP contribution in [0.5, 0.6) is 5.75 Å². The molecular weight excluding hydrogens is 465 g/mol.